The molecule has 1 aliphatic rings. The molecule has 17 heavy (non-hydrogen) atoms. The zero-order valence-corrected chi connectivity index (χ0v) is 11.2. The van der Waals surface area contributed by atoms with Gasteiger partial charge >= 0.3 is 0 Å². The molecule has 2 unspecified atom stereocenters. The van der Waals surface area contributed by atoms with E-state index in [1.54, 1.807) is 0 Å². The highest BCUT2D eigenvalue weighted by molar-refractivity contribution is 5.16. The van der Waals surface area contributed by atoms with Gasteiger partial charge in [0.2, 0.25) is 0 Å². The van der Waals surface area contributed by atoms with Crippen LogP contribution in [0.25, 0.3) is 0 Å². The van der Waals surface area contributed by atoms with Crippen LogP contribution in [0, 0.1) is 11.8 Å². The Morgan fingerprint density at radius 1 is 1.24 bits per heavy atom. The van der Waals surface area contributed by atoms with Crippen LogP contribution in [0.15, 0.2) is 30.3 Å². The number of rotatable bonds is 7. The predicted octanol–water partition coefficient (Wildman–Crippen LogP) is 3.64. The number of benzene rings is 1. The van der Waals surface area contributed by atoms with Crippen LogP contribution in [0.4, 0.5) is 0 Å². The maximum atomic E-state index is 3.74. The molecule has 1 aromatic rings. The first-order valence-electron chi connectivity index (χ1n) is 7.08. The Morgan fingerprint density at radius 2 is 1.94 bits per heavy atom. The molecule has 0 bridgehead atoms. The third kappa shape index (κ3) is 3.85. The van der Waals surface area contributed by atoms with Crippen molar-refractivity contribution in [3.8, 4) is 0 Å². The van der Waals surface area contributed by atoms with E-state index in [-0.39, 0.29) is 0 Å². The van der Waals surface area contributed by atoms with Crippen molar-refractivity contribution in [3.63, 3.8) is 0 Å². The summed E-state index contributed by atoms with van der Waals surface area (Å²) in [4.78, 5) is 0. The van der Waals surface area contributed by atoms with Gasteiger partial charge in [-0.15, -0.1) is 0 Å². The molecule has 1 N–H and O–H groups in total. The minimum atomic E-state index is 0.657. The molecule has 0 aromatic heterocycles. The van der Waals surface area contributed by atoms with Crippen molar-refractivity contribution in [1.29, 1.82) is 0 Å². The summed E-state index contributed by atoms with van der Waals surface area (Å²) in [6.07, 6.45) is 5.29. The number of hydrogen-bond donors (Lipinski definition) is 1. The zero-order valence-electron chi connectivity index (χ0n) is 11.2. The highest BCUT2D eigenvalue weighted by atomic mass is 14.9. The van der Waals surface area contributed by atoms with Gasteiger partial charge in [0, 0.05) is 6.04 Å². The number of hydrogen-bond acceptors (Lipinski definition) is 1. The summed E-state index contributed by atoms with van der Waals surface area (Å²) < 4.78 is 0. The van der Waals surface area contributed by atoms with E-state index >= 15 is 0 Å². The van der Waals surface area contributed by atoms with Crippen molar-refractivity contribution < 1.29 is 0 Å². The van der Waals surface area contributed by atoms with Crippen LogP contribution in [-0.2, 0) is 6.42 Å². The zero-order chi connectivity index (χ0) is 12.1. The molecule has 1 heteroatoms. The average Bonchev–Trinajstić information content (AvgIpc) is 3.19. The average molecular weight is 231 g/mol. The standard InChI is InChI=1S/C16H25N/c1-3-11-17-16(13(2)15-9-10-15)12-14-7-5-4-6-8-14/h4-8,13,15-17H,3,9-12H2,1-2H3. The summed E-state index contributed by atoms with van der Waals surface area (Å²) in [6, 6.07) is 11.6. The normalized spacial score (nSPS) is 18.9. The van der Waals surface area contributed by atoms with Gasteiger partial charge in [0.25, 0.3) is 0 Å². The minimum absolute atomic E-state index is 0.657. The maximum Gasteiger partial charge on any atom is 0.0136 e. The van der Waals surface area contributed by atoms with Crippen LogP contribution in [0.5, 0.6) is 0 Å². The lowest BCUT2D eigenvalue weighted by Gasteiger charge is -2.25. The molecule has 1 nitrogen and oxygen atoms in total. The largest absolute Gasteiger partial charge is 0.313 e. The second-order valence-electron chi connectivity index (χ2n) is 5.45. The molecule has 1 saturated carbocycles. The molecule has 0 spiro atoms. The Balaban J connectivity index is 1.94. The molecule has 0 radical (unpaired) electrons. The van der Waals surface area contributed by atoms with Crippen LogP contribution >= 0.6 is 0 Å². The molecule has 1 fully saturated rings. The van der Waals surface area contributed by atoms with Crippen LogP contribution in [0.3, 0.4) is 0 Å². The van der Waals surface area contributed by atoms with Gasteiger partial charge in [0.15, 0.2) is 0 Å². The predicted molar refractivity (Wildman–Crippen MR) is 74.1 cm³/mol. The fraction of sp³-hybridized carbons (Fsp3) is 0.625. The summed E-state index contributed by atoms with van der Waals surface area (Å²) in [7, 11) is 0. The van der Waals surface area contributed by atoms with Crippen LogP contribution in [0.2, 0.25) is 0 Å². The van der Waals surface area contributed by atoms with Crippen LogP contribution in [-0.4, -0.2) is 12.6 Å². The summed E-state index contributed by atoms with van der Waals surface area (Å²) in [5, 5.41) is 3.74. The van der Waals surface area contributed by atoms with Crippen molar-refractivity contribution in [2.45, 2.75) is 45.6 Å². The second-order valence-corrected chi connectivity index (χ2v) is 5.45. The van der Waals surface area contributed by atoms with Crippen molar-refractivity contribution in [2.24, 2.45) is 11.8 Å². The monoisotopic (exact) mass is 231 g/mol. The summed E-state index contributed by atoms with van der Waals surface area (Å²) in [5.41, 5.74) is 1.47. The molecule has 0 saturated heterocycles. The lowest BCUT2D eigenvalue weighted by molar-refractivity contribution is 0.339. The van der Waals surface area contributed by atoms with Crippen molar-refractivity contribution >= 4 is 0 Å². The fourth-order valence-corrected chi connectivity index (χ4v) is 2.59. The molecule has 0 aliphatic heterocycles. The lowest BCUT2D eigenvalue weighted by atomic mass is 9.91. The van der Waals surface area contributed by atoms with Crippen LogP contribution < -0.4 is 5.32 Å². The van der Waals surface area contributed by atoms with Gasteiger partial charge in [0.1, 0.15) is 0 Å². The highest BCUT2D eigenvalue weighted by Crippen LogP contribution is 2.38. The highest BCUT2D eigenvalue weighted by Gasteiger charge is 2.32. The van der Waals surface area contributed by atoms with Gasteiger partial charge in [-0.3, -0.25) is 0 Å². The Bertz CT molecular complexity index is 316. The smallest absolute Gasteiger partial charge is 0.0136 e. The van der Waals surface area contributed by atoms with Gasteiger partial charge < -0.3 is 5.32 Å². The Labute approximate surface area is 106 Å². The Morgan fingerprint density at radius 3 is 2.53 bits per heavy atom. The third-order valence-electron chi connectivity index (χ3n) is 3.96. The summed E-state index contributed by atoms with van der Waals surface area (Å²) in [5.74, 6) is 1.80. The van der Waals surface area contributed by atoms with E-state index in [9.17, 15) is 0 Å². The SMILES string of the molecule is CCCNC(Cc1ccccc1)C(C)C1CC1. The van der Waals surface area contributed by atoms with E-state index in [2.05, 4.69) is 49.5 Å². The maximum absolute atomic E-state index is 3.74. The molecule has 0 heterocycles. The Hall–Kier alpha value is -0.820. The first-order valence-corrected chi connectivity index (χ1v) is 7.08. The van der Waals surface area contributed by atoms with Gasteiger partial charge in [-0.2, -0.15) is 0 Å². The van der Waals surface area contributed by atoms with Crippen molar-refractivity contribution in [1.82, 2.24) is 5.32 Å². The van der Waals surface area contributed by atoms with Gasteiger partial charge in [-0.05, 0) is 49.6 Å². The van der Waals surface area contributed by atoms with E-state index < -0.39 is 0 Å². The summed E-state index contributed by atoms with van der Waals surface area (Å²) >= 11 is 0. The molecule has 1 aromatic carbocycles. The van der Waals surface area contributed by atoms with Crippen molar-refractivity contribution in [2.75, 3.05) is 6.54 Å². The topological polar surface area (TPSA) is 12.0 Å². The van der Waals surface area contributed by atoms with Gasteiger partial charge in [-0.1, -0.05) is 44.2 Å². The van der Waals surface area contributed by atoms with E-state index in [1.807, 2.05) is 0 Å². The molecule has 94 valence electrons. The van der Waals surface area contributed by atoms with E-state index in [0.29, 0.717) is 6.04 Å². The van der Waals surface area contributed by atoms with Gasteiger partial charge in [0.05, 0.1) is 0 Å². The van der Waals surface area contributed by atoms with E-state index in [4.69, 9.17) is 0 Å². The third-order valence-corrected chi connectivity index (χ3v) is 3.96. The molecular formula is C16H25N. The molecule has 2 atom stereocenters. The lowest BCUT2D eigenvalue weighted by Crippen LogP contribution is -2.38. The second kappa shape index (κ2) is 6.20. The Kier molecular flexibility index (Phi) is 4.61. The fourth-order valence-electron chi connectivity index (χ4n) is 2.59. The van der Waals surface area contributed by atoms with E-state index in [0.717, 1.165) is 18.4 Å². The summed E-state index contributed by atoms with van der Waals surface area (Å²) in [6.45, 7) is 5.82. The molecule has 2 rings (SSSR count). The van der Waals surface area contributed by atoms with Crippen molar-refractivity contribution in [3.05, 3.63) is 35.9 Å². The first kappa shape index (κ1) is 12.6. The molecule has 1 aliphatic carbocycles. The molecule has 0 amide bonds. The van der Waals surface area contributed by atoms with E-state index in [1.165, 1.54) is 31.2 Å². The van der Waals surface area contributed by atoms with Crippen LogP contribution in [0.1, 0.15) is 38.7 Å². The number of nitrogens with one attached hydrogen (secondary N) is 1. The quantitative estimate of drug-likeness (QED) is 0.755. The minimum Gasteiger partial charge on any atom is -0.313 e. The van der Waals surface area contributed by atoms with Gasteiger partial charge in [-0.25, -0.2) is 0 Å². The first-order chi connectivity index (χ1) is 8.31. The molecular weight excluding hydrogens is 206 g/mol.